The Morgan fingerprint density at radius 1 is 1.17 bits per heavy atom. The number of fused-ring (bicyclic) bond motifs is 2. The van der Waals surface area contributed by atoms with Crippen LogP contribution < -0.4 is 11.1 Å². The van der Waals surface area contributed by atoms with Crippen molar-refractivity contribution in [2.45, 2.75) is 76.0 Å². The van der Waals surface area contributed by atoms with E-state index in [4.69, 9.17) is 5.73 Å². The van der Waals surface area contributed by atoms with Crippen LogP contribution in [-0.2, 0) is 0 Å². The van der Waals surface area contributed by atoms with E-state index in [2.05, 4.69) is 12.2 Å². The number of rotatable bonds is 2. The average Bonchev–Trinajstić information content (AvgIpc) is 2.69. The minimum absolute atomic E-state index is 0.00634. The van der Waals surface area contributed by atoms with Gasteiger partial charge in [0.2, 0.25) is 0 Å². The number of nitrogens with two attached hydrogens (primary N) is 1. The summed E-state index contributed by atoms with van der Waals surface area (Å²) in [6.45, 7) is 2.98. The van der Waals surface area contributed by atoms with E-state index in [1.165, 1.54) is 25.7 Å². The highest BCUT2D eigenvalue weighted by Gasteiger charge is 2.55. The van der Waals surface area contributed by atoms with Crippen molar-refractivity contribution in [3.8, 4) is 0 Å². The maximum atomic E-state index is 11.3. The zero-order valence-corrected chi connectivity index (χ0v) is 11.6. The molecule has 2 aliphatic heterocycles. The van der Waals surface area contributed by atoms with Crippen molar-refractivity contribution in [3.63, 3.8) is 0 Å². The van der Waals surface area contributed by atoms with Crippen LogP contribution >= 0.6 is 0 Å². The van der Waals surface area contributed by atoms with Gasteiger partial charge < -0.3 is 16.2 Å². The molecule has 0 aromatic rings. The molecule has 0 amide bonds. The molecule has 4 unspecified atom stereocenters. The third kappa shape index (κ3) is 1.91. The summed E-state index contributed by atoms with van der Waals surface area (Å²) in [6.07, 6.45) is 9.13. The van der Waals surface area contributed by atoms with Crippen molar-refractivity contribution < 1.29 is 5.11 Å². The van der Waals surface area contributed by atoms with Gasteiger partial charge in [-0.15, -0.1) is 0 Å². The Hall–Kier alpha value is -0.120. The van der Waals surface area contributed by atoms with Crippen LogP contribution in [0.2, 0.25) is 0 Å². The Bertz CT molecular complexity index is 308. The second-order valence-corrected chi connectivity index (χ2v) is 7.26. The molecule has 2 heterocycles. The lowest BCUT2D eigenvalue weighted by atomic mass is 9.57. The highest BCUT2D eigenvalue weighted by atomic mass is 16.3. The van der Waals surface area contributed by atoms with Crippen LogP contribution in [-0.4, -0.2) is 29.3 Å². The van der Waals surface area contributed by atoms with Gasteiger partial charge in [0, 0.05) is 24.0 Å². The summed E-state index contributed by atoms with van der Waals surface area (Å²) in [4.78, 5) is 0. The Morgan fingerprint density at radius 3 is 2.39 bits per heavy atom. The summed E-state index contributed by atoms with van der Waals surface area (Å²) >= 11 is 0. The van der Waals surface area contributed by atoms with Crippen LogP contribution in [0.4, 0.5) is 0 Å². The second-order valence-electron chi connectivity index (χ2n) is 7.26. The van der Waals surface area contributed by atoms with Crippen molar-refractivity contribution in [2.75, 3.05) is 6.54 Å². The lowest BCUT2D eigenvalue weighted by Crippen LogP contribution is -2.61. The maximum absolute atomic E-state index is 11.3. The smallest absolute Gasteiger partial charge is 0.0745 e. The number of hydrogen-bond acceptors (Lipinski definition) is 3. The molecule has 2 bridgehead atoms. The molecule has 104 valence electrons. The van der Waals surface area contributed by atoms with E-state index in [1.807, 2.05) is 0 Å². The average molecular weight is 252 g/mol. The first-order valence-electron chi connectivity index (χ1n) is 7.75. The molecular weight excluding hydrogens is 224 g/mol. The van der Waals surface area contributed by atoms with Gasteiger partial charge in [-0.1, -0.05) is 19.8 Å². The van der Waals surface area contributed by atoms with Gasteiger partial charge in [0.05, 0.1) is 5.60 Å². The summed E-state index contributed by atoms with van der Waals surface area (Å²) in [5.41, 5.74) is 5.63. The van der Waals surface area contributed by atoms with Gasteiger partial charge in [0.15, 0.2) is 0 Å². The molecule has 4 N–H and O–H groups in total. The highest BCUT2D eigenvalue weighted by molar-refractivity contribution is 5.10. The minimum atomic E-state index is -0.506. The van der Waals surface area contributed by atoms with Crippen molar-refractivity contribution in [3.05, 3.63) is 0 Å². The summed E-state index contributed by atoms with van der Waals surface area (Å²) in [6, 6.07) is 1.07. The quantitative estimate of drug-likeness (QED) is 0.702. The third-order valence-corrected chi connectivity index (χ3v) is 5.97. The number of aliphatic hydroxyl groups is 1. The Kier molecular flexibility index (Phi) is 3.20. The van der Waals surface area contributed by atoms with E-state index in [9.17, 15) is 5.11 Å². The predicted molar refractivity (Wildman–Crippen MR) is 73.2 cm³/mol. The molecule has 3 rings (SSSR count). The van der Waals surface area contributed by atoms with E-state index in [1.54, 1.807) is 0 Å². The Balaban J connectivity index is 1.85. The fourth-order valence-corrected chi connectivity index (χ4v) is 5.01. The van der Waals surface area contributed by atoms with Gasteiger partial charge >= 0.3 is 0 Å². The predicted octanol–water partition coefficient (Wildman–Crippen LogP) is 1.79. The number of hydrogen-bond donors (Lipinski definition) is 3. The van der Waals surface area contributed by atoms with Crippen LogP contribution in [0.1, 0.15) is 58.3 Å². The molecule has 1 aliphatic carbocycles. The lowest BCUT2D eigenvalue weighted by molar-refractivity contribution is -0.133. The number of piperidine rings is 1. The van der Waals surface area contributed by atoms with Crippen LogP contribution in [0.5, 0.6) is 0 Å². The normalized spacial score (nSPS) is 52.5. The van der Waals surface area contributed by atoms with Crippen LogP contribution in [0.25, 0.3) is 0 Å². The zero-order valence-electron chi connectivity index (χ0n) is 11.6. The molecule has 3 heteroatoms. The van der Waals surface area contributed by atoms with E-state index >= 15 is 0 Å². The minimum Gasteiger partial charge on any atom is -0.389 e. The SMILES string of the molecule is CC1CCCC(CN)(C2(O)CC3CCC(C2)N3)C1. The largest absolute Gasteiger partial charge is 0.389 e. The zero-order chi connectivity index (χ0) is 12.8. The molecule has 0 aromatic carbocycles. The van der Waals surface area contributed by atoms with Crippen LogP contribution in [0.3, 0.4) is 0 Å². The van der Waals surface area contributed by atoms with E-state index in [0.717, 1.165) is 31.6 Å². The first-order valence-corrected chi connectivity index (χ1v) is 7.75. The molecule has 18 heavy (non-hydrogen) atoms. The lowest BCUT2D eigenvalue weighted by Gasteiger charge is -2.54. The van der Waals surface area contributed by atoms with Gasteiger partial charge in [-0.25, -0.2) is 0 Å². The maximum Gasteiger partial charge on any atom is 0.0745 e. The van der Waals surface area contributed by atoms with E-state index in [-0.39, 0.29) is 5.41 Å². The Morgan fingerprint density at radius 2 is 1.83 bits per heavy atom. The summed E-state index contributed by atoms with van der Waals surface area (Å²) in [5, 5.41) is 15.0. The molecule has 3 aliphatic rings. The first-order chi connectivity index (χ1) is 8.57. The topological polar surface area (TPSA) is 58.3 Å². The standard InChI is InChI=1S/C15H28N2O/c1-11-3-2-6-14(7-11,10-16)15(18)8-12-4-5-13(9-15)17-12/h11-13,17-18H,2-10,16H2,1H3. The molecule has 0 aromatic heterocycles. The number of nitrogens with one attached hydrogen (secondary N) is 1. The molecule has 0 radical (unpaired) electrons. The molecule has 0 spiro atoms. The van der Waals surface area contributed by atoms with Gasteiger partial charge in [-0.05, 0) is 44.4 Å². The molecular formula is C15H28N2O. The first kappa shape index (κ1) is 12.9. The van der Waals surface area contributed by atoms with Crippen molar-refractivity contribution in [1.82, 2.24) is 5.32 Å². The van der Waals surface area contributed by atoms with Crippen molar-refractivity contribution in [1.29, 1.82) is 0 Å². The third-order valence-electron chi connectivity index (χ3n) is 5.97. The molecule has 1 saturated carbocycles. The second kappa shape index (κ2) is 4.46. The van der Waals surface area contributed by atoms with Crippen molar-refractivity contribution in [2.24, 2.45) is 17.1 Å². The van der Waals surface area contributed by atoms with Gasteiger partial charge in [-0.3, -0.25) is 0 Å². The van der Waals surface area contributed by atoms with Crippen LogP contribution in [0, 0.1) is 11.3 Å². The summed E-state index contributed by atoms with van der Waals surface area (Å²) in [7, 11) is 0. The highest BCUT2D eigenvalue weighted by Crippen LogP contribution is 2.52. The fraction of sp³-hybridized carbons (Fsp3) is 1.00. The molecule has 3 fully saturated rings. The van der Waals surface area contributed by atoms with E-state index < -0.39 is 5.60 Å². The summed E-state index contributed by atoms with van der Waals surface area (Å²) < 4.78 is 0. The van der Waals surface area contributed by atoms with Gasteiger partial charge in [0.1, 0.15) is 0 Å². The summed E-state index contributed by atoms with van der Waals surface area (Å²) in [5.74, 6) is 0.721. The molecule has 4 atom stereocenters. The van der Waals surface area contributed by atoms with Gasteiger partial charge in [0.25, 0.3) is 0 Å². The molecule has 3 nitrogen and oxygen atoms in total. The molecule has 2 saturated heterocycles. The van der Waals surface area contributed by atoms with E-state index in [0.29, 0.717) is 18.6 Å². The van der Waals surface area contributed by atoms with Crippen molar-refractivity contribution >= 4 is 0 Å². The van der Waals surface area contributed by atoms with Crippen LogP contribution in [0.15, 0.2) is 0 Å². The fourth-order valence-electron chi connectivity index (χ4n) is 5.01. The van der Waals surface area contributed by atoms with Gasteiger partial charge in [-0.2, -0.15) is 0 Å². The monoisotopic (exact) mass is 252 g/mol. The Labute approximate surface area is 111 Å².